The summed E-state index contributed by atoms with van der Waals surface area (Å²) >= 11 is 1.71. The summed E-state index contributed by atoms with van der Waals surface area (Å²) in [4.78, 5) is 3.67. The molecule has 1 heterocycles. The molecule has 0 radical (unpaired) electrons. The van der Waals surface area contributed by atoms with E-state index in [1.54, 1.807) is 18.4 Å². The molecule has 0 aliphatic rings. The van der Waals surface area contributed by atoms with E-state index in [9.17, 15) is 0 Å². The summed E-state index contributed by atoms with van der Waals surface area (Å²) in [6.45, 7) is 6.90. The molecule has 0 saturated carbocycles. The highest BCUT2D eigenvalue weighted by Crippen LogP contribution is 2.17. The van der Waals surface area contributed by atoms with Crippen molar-refractivity contribution in [1.29, 1.82) is 0 Å². The molecule has 3 nitrogen and oxygen atoms in total. The van der Waals surface area contributed by atoms with Gasteiger partial charge in [-0.2, -0.15) is 0 Å². The van der Waals surface area contributed by atoms with Crippen LogP contribution in [0.2, 0.25) is 0 Å². The highest BCUT2D eigenvalue weighted by Gasteiger charge is 2.10. The van der Waals surface area contributed by atoms with E-state index in [1.165, 1.54) is 4.88 Å². The largest absolute Gasteiger partial charge is 0.384 e. The topological polar surface area (TPSA) is 32.7 Å². The molecule has 1 aromatic rings. The number of hydrogen-bond acceptors (Lipinski definition) is 4. The van der Waals surface area contributed by atoms with Gasteiger partial charge in [0.05, 0.1) is 6.61 Å². The van der Waals surface area contributed by atoms with Crippen LogP contribution in [0.3, 0.4) is 0 Å². The molecule has 0 atom stereocenters. The first-order chi connectivity index (χ1) is 8.67. The van der Waals surface area contributed by atoms with Gasteiger partial charge in [-0.25, -0.2) is 0 Å². The van der Waals surface area contributed by atoms with Crippen LogP contribution in [0.15, 0.2) is 11.4 Å². The Hall–Kier alpha value is -0.860. The third-order valence-corrected chi connectivity index (χ3v) is 3.56. The number of nitrogens with zero attached hydrogens (tertiary/aromatic N) is 1. The molecular weight excluding hydrogens is 246 g/mol. The highest BCUT2D eigenvalue weighted by atomic mass is 32.1. The number of ether oxygens (including phenoxy) is 1. The molecule has 1 aromatic heterocycles. The van der Waals surface area contributed by atoms with Crippen LogP contribution in [0, 0.1) is 11.8 Å². The van der Waals surface area contributed by atoms with Crippen molar-refractivity contribution in [3.8, 4) is 11.8 Å². The van der Waals surface area contributed by atoms with Crippen molar-refractivity contribution in [3.63, 3.8) is 0 Å². The summed E-state index contributed by atoms with van der Waals surface area (Å²) in [6.07, 6.45) is 0. The fraction of sp³-hybridized carbons (Fsp3) is 0.571. The Morgan fingerprint density at radius 3 is 2.89 bits per heavy atom. The zero-order chi connectivity index (χ0) is 13.4. The Morgan fingerprint density at radius 1 is 1.50 bits per heavy atom. The summed E-state index contributed by atoms with van der Waals surface area (Å²) in [7, 11) is 1.73. The molecule has 0 spiro atoms. The van der Waals surface area contributed by atoms with E-state index in [2.05, 4.69) is 36.7 Å². The minimum atomic E-state index is -0.0862. The predicted molar refractivity (Wildman–Crippen MR) is 75.7 cm³/mol. The maximum Gasteiger partial charge on any atom is 0.104 e. The first kappa shape index (κ1) is 15.2. The number of aliphatic hydroxyl groups is 1. The molecule has 0 aliphatic heterocycles. The molecule has 4 heteroatoms. The first-order valence-electron chi connectivity index (χ1n) is 6.07. The van der Waals surface area contributed by atoms with E-state index in [1.807, 2.05) is 5.38 Å². The van der Waals surface area contributed by atoms with Crippen molar-refractivity contribution < 1.29 is 9.84 Å². The van der Waals surface area contributed by atoms with E-state index >= 15 is 0 Å². The van der Waals surface area contributed by atoms with Crippen molar-refractivity contribution >= 4 is 11.3 Å². The highest BCUT2D eigenvalue weighted by molar-refractivity contribution is 7.10. The van der Waals surface area contributed by atoms with Crippen LogP contribution in [0.4, 0.5) is 0 Å². The van der Waals surface area contributed by atoms with E-state index in [-0.39, 0.29) is 6.61 Å². The van der Waals surface area contributed by atoms with Gasteiger partial charge in [0.1, 0.15) is 6.61 Å². The number of rotatable bonds is 6. The Kier molecular flexibility index (Phi) is 6.99. The predicted octanol–water partition coefficient (Wildman–Crippen LogP) is 1.95. The van der Waals surface area contributed by atoms with Gasteiger partial charge in [-0.1, -0.05) is 11.8 Å². The second kappa shape index (κ2) is 8.28. The Labute approximate surface area is 113 Å². The third kappa shape index (κ3) is 5.19. The lowest BCUT2D eigenvalue weighted by Crippen LogP contribution is -2.32. The number of thiophene rings is 1. The van der Waals surface area contributed by atoms with Crippen LogP contribution in [0.1, 0.15) is 24.3 Å². The minimum Gasteiger partial charge on any atom is -0.384 e. The second-order valence-electron chi connectivity index (χ2n) is 4.32. The van der Waals surface area contributed by atoms with Crippen LogP contribution in [-0.2, 0) is 11.3 Å². The summed E-state index contributed by atoms with van der Waals surface area (Å²) in [5.74, 6) is 5.59. The van der Waals surface area contributed by atoms with Gasteiger partial charge in [-0.3, -0.25) is 4.90 Å². The molecule has 0 bridgehead atoms. The normalized spacial score (nSPS) is 10.8. The monoisotopic (exact) mass is 267 g/mol. The van der Waals surface area contributed by atoms with E-state index in [0.29, 0.717) is 6.04 Å². The third-order valence-electron chi connectivity index (χ3n) is 2.64. The molecule has 0 aliphatic carbocycles. The molecule has 0 amide bonds. The fourth-order valence-electron chi connectivity index (χ4n) is 1.60. The average molecular weight is 267 g/mol. The molecule has 1 rings (SSSR count). The summed E-state index contributed by atoms with van der Waals surface area (Å²) in [6, 6.07) is 2.59. The van der Waals surface area contributed by atoms with Gasteiger partial charge < -0.3 is 9.84 Å². The van der Waals surface area contributed by atoms with Crippen molar-refractivity contribution in [3.05, 3.63) is 21.9 Å². The Morgan fingerprint density at radius 2 is 2.28 bits per heavy atom. The molecule has 0 saturated heterocycles. The standard InChI is InChI=1S/C14H21NO2S/c1-12(2)15(6-8-17-3)10-14-9-13(11-18-14)5-4-7-16/h9,11-12,16H,6-8,10H2,1-3H3. The van der Waals surface area contributed by atoms with Gasteiger partial charge in [-0.05, 0) is 19.9 Å². The Balaban J connectivity index is 2.60. The van der Waals surface area contributed by atoms with Gasteiger partial charge >= 0.3 is 0 Å². The minimum absolute atomic E-state index is 0.0862. The van der Waals surface area contributed by atoms with E-state index in [4.69, 9.17) is 9.84 Å². The van der Waals surface area contributed by atoms with Crippen LogP contribution < -0.4 is 0 Å². The Bertz CT molecular complexity index is 403. The number of methoxy groups -OCH3 is 1. The van der Waals surface area contributed by atoms with Crippen molar-refractivity contribution in [2.45, 2.75) is 26.4 Å². The number of hydrogen-bond donors (Lipinski definition) is 1. The molecular formula is C14H21NO2S. The molecule has 0 fully saturated rings. The van der Waals surface area contributed by atoms with Crippen LogP contribution in [-0.4, -0.2) is 42.9 Å². The maximum absolute atomic E-state index is 8.66. The van der Waals surface area contributed by atoms with Gasteiger partial charge in [0, 0.05) is 42.1 Å². The number of aliphatic hydroxyl groups excluding tert-OH is 1. The molecule has 18 heavy (non-hydrogen) atoms. The molecule has 0 unspecified atom stereocenters. The van der Waals surface area contributed by atoms with Gasteiger partial charge in [0.25, 0.3) is 0 Å². The van der Waals surface area contributed by atoms with Crippen molar-refractivity contribution in [2.75, 3.05) is 26.9 Å². The van der Waals surface area contributed by atoms with E-state index in [0.717, 1.165) is 25.3 Å². The zero-order valence-electron chi connectivity index (χ0n) is 11.3. The van der Waals surface area contributed by atoms with Gasteiger partial charge in [0.15, 0.2) is 0 Å². The average Bonchev–Trinajstić information content (AvgIpc) is 2.79. The smallest absolute Gasteiger partial charge is 0.104 e. The van der Waals surface area contributed by atoms with Crippen LogP contribution in [0.25, 0.3) is 0 Å². The summed E-state index contributed by atoms with van der Waals surface area (Å²) in [5.41, 5.74) is 0.986. The summed E-state index contributed by atoms with van der Waals surface area (Å²) in [5, 5.41) is 10.7. The quantitative estimate of drug-likeness (QED) is 0.800. The maximum atomic E-state index is 8.66. The molecule has 100 valence electrons. The second-order valence-corrected chi connectivity index (χ2v) is 5.31. The molecule has 1 N–H and O–H groups in total. The lowest BCUT2D eigenvalue weighted by molar-refractivity contribution is 0.125. The van der Waals surface area contributed by atoms with Gasteiger partial charge in [-0.15, -0.1) is 11.3 Å². The van der Waals surface area contributed by atoms with Crippen LogP contribution in [0.5, 0.6) is 0 Å². The summed E-state index contributed by atoms with van der Waals surface area (Å²) < 4.78 is 5.13. The van der Waals surface area contributed by atoms with Crippen LogP contribution >= 0.6 is 11.3 Å². The van der Waals surface area contributed by atoms with Gasteiger partial charge in [0.2, 0.25) is 0 Å². The van der Waals surface area contributed by atoms with Crippen molar-refractivity contribution in [2.24, 2.45) is 0 Å². The lowest BCUT2D eigenvalue weighted by atomic mass is 10.2. The first-order valence-corrected chi connectivity index (χ1v) is 6.95. The van der Waals surface area contributed by atoms with Crippen molar-refractivity contribution in [1.82, 2.24) is 4.90 Å². The zero-order valence-corrected chi connectivity index (χ0v) is 12.1. The fourth-order valence-corrected chi connectivity index (χ4v) is 2.44. The SMILES string of the molecule is COCCN(Cc1cc(C#CCO)cs1)C(C)C. The molecule has 0 aromatic carbocycles. The lowest BCUT2D eigenvalue weighted by Gasteiger charge is -2.25. The van der Waals surface area contributed by atoms with E-state index < -0.39 is 0 Å².